The van der Waals surface area contributed by atoms with E-state index in [-0.39, 0.29) is 22.3 Å². The van der Waals surface area contributed by atoms with Crippen LogP contribution in [0.5, 0.6) is 0 Å². The van der Waals surface area contributed by atoms with Crippen LogP contribution in [0.2, 0.25) is 0 Å². The van der Waals surface area contributed by atoms with Gasteiger partial charge in [-0.1, -0.05) is 60.1 Å². The first-order valence-electron chi connectivity index (χ1n) is 10.4. The Balaban J connectivity index is 2.07. The van der Waals surface area contributed by atoms with Crippen LogP contribution in [-0.2, 0) is 10.2 Å². The number of halogens is 1. The second-order valence-corrected chi connectivity index (χ2v) is 9.48. The Morgan fingerprint density at radius 2 is 1.81 bits per heavy atom. The SMILES string of the molecule is CC1(C)OC(=C(C#N)C#N)C(C#N)=C1/C=C/C=C1/N(CCCBr)c2ccccc2C1(C)C. The monoisotopic (exact) mass is 488 g/mol. The molecule has 0 bridgehead atoms. The summed E-state index contributed by atoms with van der Waals surface area (Å²) in [5, 5.41) is 29.1. The molecule has 0 radical (unpaired) electrons. The zero-order chi connectivity index (χ0) is 23.5. The van der Waals surface area contributed by atoms with Gasteiger partial charge < -0.3 is 9.64 Å². The number of anilines is 1. The van der Waals surface area contributed by atoms with E-state index in [1.807, 2.05) is 38.1 Å². The van der Waals surface area contributed by atoms with Gasteiger partial charge in [0.1, 0.15) is 29.4 Å². The van der Waals surface area contributed by atoms with Gasteiger partial charge in [0, 0.05) is 34.2 Å². The Bertz CT molecular complexity index is 1160. The van der Waals surface area contributed by atoms with E-state index in [9.17, 15) is 15.8 Å². The minimum atomic E-state index is -0.821. The summed E-state index contributed by atoms with van der Waals surface area (Å²) in [6.07, 6.45) is 6.88. The van der Waals surface area contributed by atoms with Gasteiger partial charge in [-0.15, -0.1) is 0 Å². The summed E-state index contributed by atoms with van der Waals surface area (Å²) >= 11 is 3.54. The number of para-hydroxylation sites is 1. The van der Waals surface area contributed by atoms with Crippen LogP contribution >= 0.6 is 15.9 Å². The highest BCUT2D eigenvalue weighted by Crippen LogP contribution is 2.47. The molecular formula is C26H25BrN4O. The predicted molar refractivity (Wildman–Crippen MR) is 129 cm³/mol. The largest absolute Gasteiger partial charge is 0.480 e. The quantitative estimate of drug-likeness (QED) is 0.378. The molecule has 3 rings (SSSR count). The highest BCUT2D eigenvalue weighted by Gasteiger charge is 2.40. The van der Waals surface area contributed by atoms with Crippen molar-refractivity contribution in [3.05, 3.63) is 76.2 Å². The molecule has 5 nitrogen and oxygen atoms in total. The molecule has 2 aliphatic heterocycles. The number of hydrogen-bond acceptors (Lipinski definition) is 5. The van der Waals surface area contributed by atoms with Crippen LogP contribution in [-0.4, -0.2) is 17.5 Å². The van der Waals surface area contributed by atoms with Crippen molar-refractivity contribution in [3.63, 3.8) is 0 Å². The Morgan fingerprint density at radius 3 is 2.44 bits per heavy atom. The molecule has 0 fully saturated rings. The van der Waals surface area contributed by atoms with Crippen molar-refractivity contribution in [2.24, 2.45) is 0 Å². The minimum absolute atomic E-state index is 0.0577. The molecule has 32 heavy (non-hydrogen) atoms. The molecule has 1 aromatic carbocycles. The Morgan fingerprint density at radius 1 is 1.12 bits per heavy atom. The van der Waals surface area contributed by atoms with E-state index in [0.717, 1.165) is 18.3 Å². The molecule has 2 aliphatic rings. The molecule has 0 saturated carbocycles. The molecule has 0 aromatic heterocycles. The summed E-state index contributed by atoms with van der Waals surface area (Å²) in [6.45, 7) is 8.99. The zero-order valence-electron chi connectivity index (χ0n) is 18.7. The van der Waals surface area contributed by atoms with Crippen LogP contribution in [0.4, 0.5) is 5.69 Å². The first kappa shape index (κ1) is 23.4. The van der Waals surface area contributed by atoms with E-state index < -0.39 is 5.60 Å². The number of ether oxygens (including phenoxy) is 1. The highest BCUT2D eigenvalue weighted by molar-refractivity contribution is 9.09. The van der Waals surface area contributed by atoms with E-state index in [4.69, 9.17) is 4.74 Å². The molecule has 0 unspecified atom stereocenters. The van der Waals surface area contributed by atoms with Crippen LogP contribution in [0.3, 0.4) is 0 Å². The summed E-state index contributed by atoms with van der Waals surface area (Å²) < 4.78 is 5.85. The smallest absolute Gasteiger partial charge is 0.172 e. The van der Waals surface area contributed by atoms with Crippen LogP contribution in [0, 0.1) is 34.0 Å². The van der Waals surface area contributed by atoms with E-state index in [1.165, 1.54) is 16.9 Å². The van der Waals surface area contributed by atoms with Crippen molar-refractivity contribution in [3.8, 4) is 18.2 Å². The van der Waals surface area contributed by atoms with Gasteiger partial charge in [0.15, 0.2) is 11.3 Å². The van der Waals surface area contributed by atoms with Crippen molar-refractivity contribution >= 4 is 21.6 Å². The molecule has 0 spiro atoms. The topological polar surface area (TPSA) is 83.8 Å². The lowest BCUT2D eigenvalue weighted by atomic mass is 9.83. The van der Waals surface area contributed by atoms with Crippen molar-refractivity contribution in [2.75, 3.05) is 16.8 Å². The molecule has 0 saturated heterocycles. The fourth-order valence-electron chi connectivity index (χ4n) is 4.32. The first-order valence-corrected chi connectivity index (χ1v) is 11.6. The maximum absolute atomic E-state index is 9.73. The Labute approximate surface area is 198 Å². The van der Waals surface area contributed by atoms with Gasteiger partial charge in [0.05, 0.1) is 0 Å². The number of rotatable bonds is 5. The standard InChI is InChI=1S/C26H25BrN4O/c1-25(2)21-9-5-6-11-22(21)31(14-8-13-27)23(25)12-7-10-20-19(17-30)24(18(15-28)16-29)32-26(20,3)4/h5-7,9-12H,8,13-14H2,1-4H3/b10-7+,23-12+. The molecule has 2 heterocycles. The van der Waals surface area contributed by atoms with Crippen molar-refractivity contribution in [1.29, 1.82) is 15.8 Å². The number of nitrogens with zero attached hydrogens (tertiary/aromatic N) is 4. The molecule has 0 amide bonds. The molecule has 162 valence electrons. The van der Waals surface area contributed by atoms with Crippen LogP contribution in [0.25, 0.3) is 0 Å². The second-order valence-electron chi connectivity index (χ2n) is 8.69. The van der Waals surface area contributed by atoms with Gasteiger partial charge in [0.25, 0.3) is 0 Å². The normalized spacial score (nSPS) is 19.5. The van der Waals surface area contributed by atoms with Gasteiger partial charge in [0.2, 0.25) is 0 Å². The molecule has 0 atom stereocenters. The van der Waals surface area contributed by atoms with Gasteiger partial charge in [-0.2, -0.15) is 15.8 Å². The summed E-state index contributed by atoms with van der Waals surface area (Å²) in [7, 11) is 0. The summed E-state index contributed by atoms with van der Waals surface area (Å²) in [5.41, 5.74) is 3.38. The number of benzene rings is 1. The average molecular weight is 489 g/mol. The van der Waals surface area contributed by atoms with Crippen molar-refractivity contribution in [2.45, 2.75) is 45.1 Å². The first-order chi connectivity index (χ1) is 15.2. The molecule has 0 N–H and O–H groups in total. The molecule has 0 aliphatic carbocycles. The molecule has 1 aromatic rings. The number of hydrogen-bond donors (Lipinski definition) is 0. The highest BCUT2D eigenvalue weighted by atomic mass is 79.9. The maximum Gasteiger partial charge on any atom is 0.172 e. The van der Waals surface area contributed by atoms with E-state index >= 15 is 0 Å². The van der Waals surface area contributed by atoms with Crippen molar-refractivity contribution in [1.82, 2.24) is 0 Å². The fourth-order valence-corrected chi connectivity index (χ4v) is 4.57. The number of fused-ring (bicyclic) bond motifs is 1. The van der Waals surface area contributed by atoms with Crippen LogP contribution in [0.1, 0.15) is 39.7 Å². The van der Waals surface area contributed by atoms with Crippen LogP contribution < -0.4 is 4.90 Å². The Kier molecular flexibility index (Phi) is 6.63. The average Bonchev–Trinajstić information content (AvgIpc) is 3.14. The lowest BCUT2D eigenvalue weighted by molar-refractivity contribution is 0.0954. The predicted octanol–water partition coefficient (Wildman–Crippen LogP) is 5.94. The van der Waals surface area contributed by atoms with Gasteiger partial charge in [-0.25, -0.2) is 0 Å². The zero-order valence-corrected chi connectivity index (χ0v) is 20.3. The summed E-state index contributed by atoms with van der Waals surface area (Å²) in [4.78, 5) is 2.35. The fraction of sp³-hybridized carbons (Fsp3) is 0.346. The number of allylic oxidation sites excluding steroid dienone is 5. The van der Waals surface area contributed by atoms with E-state index in [2.05, 4.69) is 71.1 Å². The molecular weight excluding hydrogens is 464 g/mol. The second kappa shape index (κ2) is 9.07. The van der Waals surface area contributed by atoms with E-state index in [1.54, 1.807) is 0 Å². The third-order valence-electron chi connectivity index (χ3n) is 5.90. The lowest BCUT2D eigenvalue weighted by Crippen LogP contribution is -2.27. The summed E-state index contributed by atoms with van der Waals surface area (Å²) in [6, 6.07) is 14.2. The van der Waals surface area contributed by atoms with E-state index in [0.29, 0.717) is 5.57 Å². The summed E-state index contributed by atoms with van der Waals surface area (Å²) in [5.74, 6) is 0.0577. The van der Waals surface area contributed by atoms with Gasteiger partial charge in [-0.05, 0) is 38.0 Å². The lowest BCUT2D eigenvalue weighted by Gasteiger charge is -2.27. The Hall–Kier alpha value is -3.27. The van der Waals surface area contributed by atoms with Gasteiger partial charge in [-0.3, -0.25) is 0 Å². The van der Waals surface area contributed by atoms with Crippen molar-refractivity contribution < 1.29 is 4.74 Å². The van der Waals surface area contributed by atoms with Gasteiger partial charge >= 0.3 is 0 Å². The number of nitriles is 3. The molecule has 6 heteroatoms. The maximum atomic E-state index is 9.73. The third-order valence-corrected chi connectivity index (χ3v) is 6.46. The van der Waals surface area contributed by atoms with Crippen LogP contribution in [0.15, 0.2) is 70.7 Å². The number of alkyl halides is 1. The third kappa shape index (κ3) is 3.97. The minimum Gasteiger partial charge on any atom is -0.480 e.